The van der Waals surface area contributed by atoms with Gasteiger partial charge in [0, 0.05) is 60.6 Å². The lowest BCUT2D eigenvalue weighted by Crippen LogP contribution is -2.46. The second-order valence-electron chi connectivity index (χ2n) is 9.72. The van der Waals surface area contributed by atoms with Crippen LogP contribution in [0.5, 0.6) is 5.75 Å². The minimum atomic E-state index is 0.0263. The van der Waals surface area contributed by atoms with Crippen molar-refractivity contribution < 1.29 is 9.53 Å². The van der Waals surface area contributed by atoms with Crippen molar-refractivity contribution >= 4 is 28.2 Å². The zero-order chi connectivity index (χ0) is 25.8. The van der Waals surface area contributed by atoms with E-state index in [9.17, 15) is 4.79 Å². The Balaban J connectivity index is 1.28. The van der Waals surface area contributed by atoms with Crippen LogP contribution in [0.4, 0.5) is 11.4 Å². The molecular formula is C31H36N4O2. The average molecular weight is 497 g/mol. The van der Waals surface area contributed by atoms with Gasteiger partial charge in [0.2, 0.25) is 5.91 Å². The van der Waals surface area contributed by atoms with Gasteiger partial charge in [-0.05, 0) is 85.1 Å². The van der Waals surface area contributed by atoms with Gasteiger partial charge in [0.15, 0.2) is 0 Å². The maximum absolute atomic E-state index is 13.0. The van der Waals surface area contributed by atoms with Crippen molar-refractivity contribution in [2.24, 2.45) is 0 Å². The first-order chi connectivity index (χ1) is 18.1. The molecule has 0 spiro atoms. The number of hydrogen-bond acceptors (Lipinski definition) is 4. The fourth-order valence-electron chi connectivity index (χ4n) is 5.22. The number of hydrogen-bond donors (Lipinski definition) is 2. The predicted molar refractivity (Wildman–Crippen MR) is 153 cm³/mol. The molecule has 0 unspecified atom stereocenters. The summed E-state index contributed by atoms with van der Waals surface area (Å²) < 4.78 is 5.32. The smallest absolute Gasteiger partial charge is 0.224 e. The maximum atomic E-state index is 13.0. The number of rotatable bonds is 8. The van der Waals surface area contributed by atoms with Crippen LogP contribution >= 0.6 is 0 Å². The van der Waals surface area contributed by atoms with Crippen LogP contribution in [0.15, 0.2) is 66.7 Å². The van der Waals surface area contributed by atoms with Crippen LogP contribution in [-0.2, 0) is 11.2 Å². The van der Waals surface area contributed by atoms with E-state index in [1.54, 1.807) is 7.11 Å². The Hall–Kier alpha value is -3.77. The number of carbonyl (C=O) groups excluding carboxylic acids is 1. The molecule has 0 saturated carbocycles. The Morgan fingerprint density at radius 3 is 2.46 bits per heavy atom. The van der Waals surface area contributed by atoms with Gasteiger partial charge in [0.05, 0.1) is 7.11 Å². The molecule has 0 aliphatic carbocycles. The predicted octanol–water partition coefficient (Wildman–Crippen LogP) is 5.87. The molecule has 6 heteroatoms. The van der Waals surface area contributed by atoms with Gasteiger partial charge in [-0.25, -0.2) is 0 Å². The lowest BCUT2D eigenvalue weighted by atomic mass is 10.0. The number of piperazine rings is 1. The van der Waals surface area contributed by atoms with Crippen molar-refractivity contribution in [2.75, 3.05) is 50.1 Å². The molecule has 1 aliphatic rings. The fraction of sp³-hybridized carbons (Fsp3) is 0.323. The lowest BCUT2D eigenvalue weighted by molar-refractivity contribution is -0.116. The van der Waals surface area contributed by atoms with E-state index in [2.05, 4.69) is 70.3 Å². The van der Waals surface area contributed by atoms with E-state index < -0.39 is 0 Å². The Morgan fingerprint density at radius 2 is 1.76 bits per heavy atom. The molecule has 5 rings (SSSR count). The van der Waals surface area contributed by atoms with E-state index in [1.807, 2.05) is 30.3 Å². The van der Waals surface area contributed by atoms with Gasteiger partial charge in [0.25, 0.3) is 0 Å². The lowest BCUT2D eigenvalue weighted by Gasteiger charge is -2.35. The molecule has 2 heterocycles. The van der Waals surface area contributed by atoms with E-state index in [1.165, 1.54) is 5.69 Å². The zero-order valence-corrected chi connectivity index (χ0v) is 22.0. The van der Waals surface area contributed by atoms with Gasteiger partial charge in [-0.3, -0.25) is 4.79 Å². The monoisotopic (exact) mass is 496 g/mol. The van der Waals surface area contributed by atoms with Gasteiger partial charge in [0.1, 0.15) is 5.75 Å². The number of nitrogens with zero attached hydrogens (tertiary/aromatic N) is 2. The fourth-order valence-corrected chi connectivity index (χ4v) is 5.22. The van der Waals surface area contributed by atoms with Gasteiger partial charge in [-0.2, -0.15) is 0 Å². The van der Waals surface area contributed by atoms with Crippen LogP contribution in [0.2, 0.25) is 0 Å². The van der Waals surface area contributed by atoms with Crippen molar-refractivity contribution in [3.63, 3.8) is 0 Å². The van der Waals surface area contributed by atoms with Crippen molar-refractivity contribution in [2.45, 2.75) is 26.7 Å². The summed E-state index contributed by atoms with van der Waals surface area (Å²) in [7, 11) is 1.67. The second-order valence-corrected chi connectivity index (χ2v) is 9.72. The molecule has 1 fully saturated rings. The summed E-state index contributed by atoms with van der Waals surface area (Å²) in [6, 6.07) is 22.7. The molecule has 0 atom stereocenters. The number of aromatic nitrogens is 1. The van der Waals surface area contributed by atoms with Gasteiger partial charge in [-0.15, -0.1) is 0 Å². The average Bonchev–Trinajstić information content (AvgIpc) is 3.31. The maximum Gasteiger partial charge on any atom is 0.224 e. The molecule has 1 aromatic heterocycles. The summed E-state index contributed by atoms with van der Waals surface area (Å²) in [6.45, 7) is 9.68. The van der Waals surface area contributed by atoms with Gasteiger partial charge < -0.3 is 24.8 Å². The van der Waals surface area contributed by atoms with Gasteiger partial charge >= 0.3 is 0 Å². The Labute approximate surface area is 219 Å². The largest absolute Gasteiger partial charge is 0.497 e. The molecule has 1 amide bonds. The Bertz CT molecular complexity index is 1370. The first-order valence-corrected chi connectivity index (χ1v) is 13.2. The molecule has 4 aromatic rings. The van der Waals surface area contributed by atoms with E-state index in [4.69, 9.17) is 4.74 Å². The number of likely N-dealkylation sites (N-methyl/N-ethyl adjacent to an activating group) is 1. The second kappa shape index (κ2) is 11.1. The SMILES string of the molecule is CCN1CCN(c2ccc(NC(=O)CCc3c(-c4ccc(OC)cc4)[nH]c4ccccc34)c(C)c2)CC1. The highest BCUT2D eigenvalue weighted by atomic mass is 16.5. The number of benzene rings is 3. The van der Waals surface area contributed by atoms with Crippen molar-refractivity contribution in [1.29, 1.82) is 0 Å². The summed E-state index contributed by atoms with van der Waals surface area (Å²) in [5.41, 5.74) is 7.59. The normalized spacial score (nSPS) is 14.2. The third kappa shape index (κ3) is 5.49. The number of methoxy groups -OCH3 is 1. The van der Waals surface area contributed by atoms with Crippen LogP contribution in [0.1, 0.15) is 24.5 Å². The number of carbonyl (C=O) groups is 1. The van der Waals surface area contributed by atoms with E-state index in [0.717, 1.165) is 77.4 Å². The third-order valence-corrected chi connectivity index (χ3v) is 7.46. The minimum Gasteiger partial charge on any atom is -0.497 e. The van der Waals surface area contributed by atoms with Crippen LogP contribution in [0.25, 0.3) is 22.2 Å². The summed E-state index contributed by atoms with van der Waals surface area (Å²) in [4.78, 5) is 21.5. The topological polar surface area (TPSA) is 60.6 Å². The number of para-hydroxylation sites is 1. The number of aromatic amines is 1. The van der Waals surface area contributed by atoms with Crippen molar-refractivity contribution in [1.82, 2.24) is 9.88 Å². The highest BCUT2D eigenvalue weighted by molar-refractivity contribution is 5.94. The van der Waals surface area contributed by atoms with Crippen molar-refractivity contribution in [3.8, 4) is 17.0 Å². The molecule has 1 saturated heterocycles. The molecule has 2 N–H and O–H groups in total. The summed E-state index contributed by atoms with van der Waals surface area (Å²) in [5, 5.41) is 4.31. The summed E-state index contributed by atoms with van der Waals surface area (Å²) >= 11 is 0. The number of amides is 1. The number of ether oxygens (including phenoxy) is 1. The molecular weight excluding hydrogens is 460 g/mol. The molecule has 0 radical (unpaired) electrons. The number of nitrogens with one attached hydrogen (secondary N) is 2. The zero-order valence-electron chi connectivity index (χ0n) is 22.0. The standard InChI is InChI=1S/C31H36N4O2/c1-4-34-17-19-35(20-18-34)24-11-15-28(22(2)21-24)32-30(36)16-14-27-26-7-5-6-8-29(26)33-31(27)23-9-12-25(37-3)13-10-23/h5-13,15,21,33H,4,14,16-20H2,1-3H3,(H,32,36). The highest BCUT2D eigenvalue weighted by Crippen LogP contribution is 2.32. The van der Waals surface area contributed by atoms with Crippen LogP contribution in [-0.4, -0.2) is 55.6 Å². The molecule has 6 nitrogen and oxygen atoms in total. The molecule has 0 bridgehead atoms. The Kier molecular flexibility index (Phi) is 7.47. The van der Waals surface area contributed by atoms with Gasteiger partial charge in [-0.1, -0.05) is 25.1 Å². The first-order valence-electron chi connectivity index (χ1n) is 13.2. The van der Waals surface area contributed by atoms with E-state index in [0.29, 0.717) is 12.8 Å². The highest BCUT2D eigenvalue weighted by Gasteiger charge is 2.18. The summed E-state index contributed by atoms with van der Waals surface area (Å²) in [5.74, 6) is 0.851. The Morgan fingerprint density at radius 1 is 1.00 bits per heavy atom. The number of fused-ring (bicyclic) bond motifs is 1. The molecule has 37 heavy (non-hydrogen) atoms. The first kappa shape index (κ1) is 24.9. The van der Waals surface area contributed by atoms with Crippen LogP contribution < -0.4 is 15.0 Å². The molecule has 3 aromatic carbocycles. The number of H-pyrrole nitrogens is 1. The molecule has 1 aliphatic heterocycles. The molecule has 192 valence electrons. The third-order valence-electron chi connectivity index (χ3n) is 7.46. The van der Waals surface area contributed by atoms with Crippen molar-refractivity contribution in [3.05, 3.63) is 77.9 Å². The number of anilines is 2. The van der Waals surface area contributed by atoms with Crippen LogP contribution in [0.3, 0.4) is 0 Å². The van der Waals surface area contributed by atoms with Crippen LogP contribution in [0, 0.1) is 6.92 Å². The quantitative estimate of drug-likeness (QED) is 0.321. The van der Waals surface area contributed by atoms with E-state index >= 15 is 0 Å². The number of aryl methyl sites for hydroxylation is 2. The summed E-state index contributed by atoms with van der Waals surface area (Å²) in [6.07, 6.45) is 1.06. The minimum absolute atomic E-state index is 0.0263. The van der Waals surface area contributed by atoms with E-state index in [-0.39, 0.29) is 5.91 Å².